The van der Waals surface area contributed by atoms with E-state index in [1.54, 1.807) is 27.2 Å². The Labute approximate surface area is 124 Å². The molecular weight excluding hydrogens is 269 g/mol. The van der Waals surface area contributed by atoms with Crippen LogP contribution in [-0.4, -0.2) is 14.2 Å². The van der Waals surface area contributed by atoms with Crippen LogP contribution in [0.25, 0.3) is 0 Å². The van der Waals surface area contributed by atoms with Gasteiger partial charge in [-0.25, -0.2) is 4.39 Å². The van der Waals surface area contributed by atoms with Crippen molar-refractivity contribution in [1.82, 2.24) is 5.32 Å². The maximum atomic E-state index is 13.5. The van der Waals surface area contributed by atoms with Gasteiger partial charge in [0.1, 0.15) is 17.3 Å². The SMILES string of the molecule is COc1ccc(CNCc2cccc(F)c2C)c(OC)c1. The van der Waals surface area contributed by atoms with E-state index in [4.69, 9.17) is 9.47 Å². The zero-order valence-electron chi connectivity index (χ0n) is 12.6. The van der Waals surface area contributed by atoms with Gasteiger partial charge in [-0.1, -0.05) is 18.2 Å². The normalized spacial score (nSPS) is 10.5. The third-order valence-corrected chi connectivity index (χ3v) is 3.51. The molecule has 2 aromatic carbocycles. The molecule has 0 aliphatic rings. The number of ether oxygens (including phenoxy) is 2. The fraction of sp³-hybridized carbons (Fsp3) is 0.294. The molecule has 0 fully saturated rings. The van der Waals surface area contributed by atoms with Crippen LogP contribution >= 0.6 is 0 Å². The van der Waals surface area contributed by atoms with Crippen molar-refractivity contribution >= 4 is 0 Å². The lowest BCUT2D eigenvalue weighted by molar-refractivity contribution is 0.390. The molecule has 0 heterocycles. The number of halogens is 1. The van der Waals surface area contributed by atoms with Gasteiger partial charge in [0.2, 0.25) is 0 Å². The number of rotatable bonds is 6. The van der Waals surface area contributed by atoms with E-state index in [0.29, 0.717) is 18.7 Å². The molecule has 112 valence electrons. The van der Waals surface area contributed by atoms with Gasteiger partial charge in [-0.15, -0.1) is 0 Å². The van der Waals surface area contributed by atoms with Crippen molar-refractivity contribution in [3.63, 3.8) is 0 Å². The Morgan fingerprint density at radius 3 is 2.48 bits per heavy atom. The van der Waals surface area contributed by atoms with Gasteiger partial charge in [-0.2, -0.15) is 0 Å². The van der Waals surface area contributed by atoms with E-state index in [1.807, 2.05) is 24.3 Å². The lowest BCUT2D eigenvalue weighted by Gasteiger charge is -2.12. The van der Waals surface area contributed by atoms with E-state index < -0.39 is 0 Å². The van der Waals surface area contributed by atoms with Crippen molar-refractivity contribution in [3.8, 4) is 11.5 Å². The molecular formula is C17H20FNO2. The Hall–Kier alpha value is -2.07. The van der Waals surface area contributed by atoms with Crippen LogP contribution in [-0.2, 0) is 13.1 Å². The van der Waals surface area contributed by atoms with Crippen LogP contribution < -0.4 is 14.8 Å². The minimum atomic E-state index is -0.170. The molecule has 0 radical (unpaired) electrons. The number of benzene rings is 2. The lowest BCUT2D eigenvalue weighted by Crippen LogP contribution is -2.14. The summed E-state index contributed by atoms with van der Waals surface area (Å²) in [6.45, 7) is 3.04. The molecule has 4 heteroatoms. The molecule has 0 saturated carbocycles. The molecule has 0 unspecified atom stereocenters. The lowest BCUT2D eigenvalue weighted by atomic mass is 10.1. The van der Waals surface area contributed by atoms with Gasteiger partial charge >= 0.3 is 0 Å². The van der Waals surface area contributed by atoms with Gasteiger partial charge in [0.25, 0.3) is 0 Å². The second-order valence-corrected chi connectivity index (χ2v) is 4.81. The minimum Gasteiger partial charge on any atom is -0.497 e. The summed E-state index contributed by atoms with van der Waals surface area (Å²) in [5, 5.41) is 3.31. The van der Waals surface area contributed by atoms with E-state index in [9.17, 15) is 4.39 Å². The average molecular weight is 289 g/mol. The van der Waals surface area contributed by atoms with Crippen molar-refractivity contribution in [2.75, 3.05) is 14.2 Å². The van der Waals surface area contributed by atoms with E-state index in [1.165, 1.54) is 6.07 Å². The molecule has 0 saturated heterocycles. The zero-order valence-corrected chi connectivity index (χ0v) is 12.6. The van der Waals surface area contributed by atoms with Crippen molar-refractivity contribution in [3.05, 3.63) is 58.9 Å². The number of hydrogen-bond acceptors (Lipinski definition) is 3. The summed E-state index contributed by atoms with van der Waals surface area (Å²) >= 11 is 0. The minimum absolute atomic E-state index is 0.170. The van der Waals surface area contributed by atoms with Crippen LogP contribution in [0, 0.1) is 12.7 Å². The molecule has 0 aliphatic heterocycles. The Morgan fingerprint density at radius 2 is 1.76 bits per heavy atom. The quantitative estimate of drug-likeness (QED) is 0.883. The summed E-state index contributed by atoms with van der Waals surface area (Å²) in [7, 11) is 3.26. The Kier molecular flexibility index (Phi) is 5.17. The smallest absolute Gasteiger partial charge is 0.127 e. The van der Waals surface area contributed by atoms with Gasteiger partial charge in [0, 0.05) is 24.7 Å². The maximum absolute atomic E-state index is 13.5. The van der Waals surface area contributed by atoms with Gasteiger partial charge in [-0.05, 0) is 30.2 Å². The van der Waals surface area contributed by atoms with E-state index in [-0.39, 0.29) is 5.82 Å². The summed E-state index contributed by atoms with van der Waals surface area (Å²) in [6, 6.07) is 10.8. The van der Waals surface area contributed by atoms with E-state index in [0.717, 1.165) is 22.6 Å². The maximum Gasteiger partial charge on any atom is 0.127 e. The largest absolute Gasteiger partial charge is 0.497 e. The highest BCUT2D eigenvalue weighted by Crippen LogP contribution is 2.24. The fourth-order valence-electron chi connectivity index (χ4n) is 2.17. The number of nitrogens with one attached hydrogen (secondary N) is 1. The van der Waals surface area contributed by atoms with Crippen LogP contribution in [0.15, 0.2) is 36.4 Å². The predicted octanol–water partition coefficient (Wildman–Crippen LogP) is 3.44. The summed E-state index contributed by atoms with van der Waals surface area (Å²) < 4.78 is 24.0. The topological polar surface area (TPSA) is 30.5 Å². The van der Waals surface area contributed by atoms with Crippen molar-refractivity contribution < 1.29 is 13.9 Å². The molecule has 0 spiro atoms. The van der Waals surface area contributed by atoms with Gasteiger partial charge in [0.15, 0.2) is 0 Å². The fourth-order valence-corrected chi connectivity index (χ4v) is 2.17. The Bertz CT molecular complexity index is 614. The van der Waals surface area contributed by atoms with Crippen molar-refractivity contribution in [1.29, 1.82) is 0 Å². The third kappa shape index (κ3) is 3.73. The number of hydrogen-bond donors (Lipinski definition) is 1. The summed E-state index contributed by atoms with van der Waals surface area (Å²) in [6.07, 6.45) is 0. The van der Waals surface area contributed by atoms with Crippen molar-refractivity contribution in [2.24, 2.45) is 0 Å². The molecule has 2 rings (SSSR count). The first kappa shape index (κ1) is 15.3. The van der Waals surface area contributed by atoms with Gasteiger partial charge in [0.05, 0.1) is 14.2 Å². The first-order valence-corrected chi connectivity index (χ1v) is 6.81. The summed E-state index contributed by atoms with van der Waals surface area (Å²) in [5.41, 5.74) is 2.68. The molecule has 0 aliphatic carbocycles. The molecule has 0 amide bonds. The Balaban J connectivity index is 2.02. The molecule has 0 aromatic heterocycles. The Morgan fingerprint density at radius 1 is 1.00 bits per heavy atom. The molecule has 0 bridgehead atoms. The third-order valence-electron chi connectivity index (χ3n) is 3.51. The van der Waals surface area contributed by atoms with Crippen LogP contribution in [0.5, 0.6) is 11.5 Å². The molecule has 3 nitrogen and oxygen atoms in total. The summed E-state index contributed by atoms with van der Waals surface area (Å²) in [5.74, 6) is 1.37. The van der Waals surface area contributed by atoms with Crippen LogP contribution in [0.1, 0.15) is 16.7 Å². The first-order valence-electron chi connectivity index (χ1n) is 6.81. The highest BCUT2D eigenvalue weighted by Gasteiger charge is 2.06. The monoisotopic (exact) mass is 289 g/mol. The molecule has 1 N–H and O–H groups in total. The van der Waals surface area contributed by atoms with E-state index >= 15 is 0 Å². The van der Waals surface area contributed by atoms with Crippen LogP contribution in [0.3, 0.4) is 0 Å². The summed E-state index contributed by atoms with van der Waals surface area (Å²) in [4.78, 5) is 0. The van der Waals surface area contributed by atoms with Gasteiger partial charge < -0.3 is 14.8 Å². The first-order chi connectivity index (χ1) is 10.2. The van der Waals surface area contributed by atoms with Crippen LogP contribution in [0.2, 0.25) is 0 Å². The van der Waals surface area contributed by atoms with Crippen LogP contribution in [0.4, 0.5) is 4.39 Å². The predicted molar refractivity (Wildman–Crippen MR) is 81.2 cm³/mol. The highest BCUT2D eigenvalue weighted by atomic mass is 19.1. The second kappa shape index (κ2) is 7.09. The second-order valence-electron chi connectivity index (χ2n) is 4.81. The standard InChI is InChI=1S/C17H20FNO2/c1-12-13(5-4-6-16(12)18)10-19-11-14-7-8-15(20-2)9-17(14)21-3/h4-9,19H,10-11H2,1-3H3. The van der Waals surface area contributed by atoms with E-state index in [2.05, 4.69) is 5.32 Å². The number of methoxy groups -OCH3 is 2. The average Bonchev–Trinajstić information content (AvgIpc) is 2.51. The molecule has 0 atom stereocenters. The van der Waals surface area contributed by atoms with Crippen molar-refractivity contribution in [2.45, 2.75) is 20.0 Å². The zero-order chi connectivity index (χ0) is 15.2. The van der Waals surface area contributed by atoms with Gasteiger partial charge in [-0.3, -0.25) is 0 Å². The highest BCUT2D eigenvalue weighted by molar-refractivity contribution is 5.40. The molecule has 21 heavy (non-hydrogen) atoms. The molecule has 2 aromatic rings.